The predicted octanol–water partition coefficient (Wildman–Crippen LogP) is 4.20. The van der Waals surface area contributed by atoms with Gasteiger partial charge in [0.05, 0.1) is 6.10 Å². The van der Waals surface area contributed by atoms with Crippen LogP contribution in [-0.2, 0) is 6.42 Å². The molecule has 1 unspecified atom stereocenters. The summed E-state index contributed by atoms with van der Waals surface area (Å²) in [6.07, 6.45) is -0.923. The van der Waals surface area contributed by atoms with Crippen LogP contribution in [0.25, 0.3) is 0 Å². The Hall–Kier alpha value is -1.45. The molecule has 2 rings (SSSR count). The molecule has 0 radical (unpaired) electrons. The number of rotatable bonds is 3. The molecule has 0 aliphatic carbocycles. The van der Waals surface area contributed by atoms with Gasteiger partial charge in [0.2, 0.25) is 0 Å². The fraction of sp³-hybridized carbons (Fsp3) is 0.200. The van der Waals surface area contributed by atoms with Crippen LogP contribution < -0.4 is 0 Å². The molecule has 0 bridgehead atoms. The summed E-state index contributed by atoms with van der Waals surface area (Å²) < 4.78 is 27.2. The van der Waals surface area contributed by atoms with Crippen LogP contribution in [0.4, 0.5) is 8.78 Å². The summed E-state index contributed by atoms with van der Waals surface area (Å²) in [5.74, 6) is -1.91. The van der Waals surface area contributed by atoms with Crippen LogP contribution in [-0.4, -0.2) is 5.11 Å². The Morgan fingerprint density at radius 1 is 1.16 bits per heavy atom. The van der Waals surface area contributed by atoms with Crippen LogP contribution in [0.2, 0.25) is 5.02 Å². The lowest BCUT2D eigenvalue weighted by atomic mass is 9.99. The summed E-state index contributed by atoms with van der Waals surface area (Å²) in [7, 11) is 0. The highest BCUT2D eigenvalue weighted by molar-refractivity contribution is 6.30. The van der Waals surface area contributed by atoms with Crippen molar-refractivity contribution in [1.82, 2.24) is 0 Å². The summed E-state index contributed by atoms with van der Waals surface area (Å²) in [4.78, 5) is 0. The average Bonchev–Trinajstić information content (AvgIpc) is 2.36. The maximum absolute atomic E-state index is 13.7. The van der Waals surface area contributed by atoms with Crippen LogP contribution in [0.1, 0.15) is 22.8 Å². The maximum atomic E-state index is 13.7. The average molecular weight is 283 g/mol. The lowest BCUT2D eigenvalue weighted by Gasteiger charge is -2.13. The molecule has 0 aliphatic heterocycles. The number of aliphatic hydroxyl groups is 1. The van der Waals surface area contributed by atoms with Gasteiger partial charge in [-0.25, -0.2) is 8.78 Å². The molecular formula is C15H13ClF2O. The standard InChI is InChI=1S/C15H13ClF2O/c1-9-5-6-12(15(18)14(9)17)13(19)8-10-3-2-4-11(16)7-10/h2-7,13,19H,8H2,1H3. The summed E-state index contributed by atoms with van der Waals surface area (Å²) >= 11 is 5.84. The number of aryl methyl sites for hydroxylation is 1. The Balaban J connectivity index is 2.25. The number of aliphatic hydroxyl groups excluding tert-OH is 1. The first-order valence-corrected chi connectivity index (χ1v) is 6.24. The van der Waals surface area contributed by atoms with Gasteiger partial charge in [0.25, 0.3) is 0 Å². The van der Waals surface area contributed by atoms with Crippen molar-refractivity contribution in [2.75, 3.05) is 0 Å². The topological polar surface area (TPSA) is 20.2 Å². The van der Waals surface area contributed by atoms with Gasteiger partial charge >= 0.3 is 0 Å². The van der Waals surface area contributed by atoms with Gasteiger partial charge in [0.1, 0.15) is 0 Å². The fourth-order valence-corrected chi connectivity index (χ4v) is 2.13. The monoisotopic (exact) mass is 282 g/mol. The van der Waals surface area contributed by atoms with Crippen molar-refractivity contribution in [3.05, 3.63) is 69.7 Å². The lowest BCUT2D eigenvalue weighted by Crippen LogP contribution is -2.06. The molecule has 4 heteroatoms. The van der Waals surface area contributed by atoms with E-state index in [1.807, 2.05) is 0 Å². The molecule has 100 valence electrons. The molecule has 0 aromatic heterocycles. The molecule has 1 nitrogen and oxygen atoms in total. The first-order chi connectivity index (χ1) is 8.99. The Morgan fingerprint density at radius 2 is 1.89 bits per heavy atom. The predicted molar refractivity (Wildman–Crippen MR) is 71.2 cm³/mol. The third-order valence-electron chi connectivity index (χ3n) is 2.98. The van der Waals surface area contributed by atoms with Crippen molar-refractivity contribution >= 4 is 11.6 Å². The molecule has 0 heterocycles. The summed E-state index contributed by atoms with van der Waals surface area (Å²) in [5, 5.41) is 10.6. The zero-order valence-electron chi connectivity index (χ0n) is 10.3. The van der Waals surface area contributed by atoms with E-state index in [9.17, 15) is 13.9 Å². The Bertz CT molecular complexity index is 599. The number of benzene rings is 2. The van der Waals surface area contributed by atoms with Gasteiger partial charge in [0.15, 0.2) is 11.6 Å². The molecule has 19 heavy (non-hydrogen) atoms. The number of halogens is 3. The molecule has 1 N–H and O–H groups in total. The van der Waals surface area contributed by atoms with E-state index in [4.69, 9.17) is 11.6 Å². The summed E-state index contributed by atoms with van der Waals surface area (Å²) in [6.45, 7) is 1.48. The van der Waals surface area contributed by atoms with Gasteiger partial charge in [0, 0.05) is 17.0 Å². The molecule has 0 fully saturated rings. The van der Waals surface area contributed by atoms with Gasteiger partial charge in [-0.15, -0.1) is 0 Å². The van der Waals surface area contributed by atoms with E-state index in [1.54, 1.807) is 24.3 Å². The minimum atomic E-state index is -1.10. The maximum Gasteiger partial charge on any atom is 0.164 e. The second kappa shape index (κ2) is 5.68. The second-order valence-corrected chi connectivity index (χ2v) is 4.89. The minimum absolute atomic E-state index is 0.0388. The molecule has 0 amide bonds. The van der Waals surface area contributed by atoms with E-state index >= 15 is 0 Å². The summed E-state index contributed by atoms with van der Waals surface area (Å²) in [6, 6.07) is 9.78. The van der Waals surface area contributed by atoms with Gasteiger partial charge < -0.3 is 5.11 Å². The van der Waals surface area contributed by atoms with Crippen LogP contribution in [0.3, 0.4) is 0 Å². The third kappa shape index (κ3) is 3.11. The minimum Gasteiger partial charge on any atom is -0.388 e. The highest BCUT2D eigenvalue weighted by Gasteiger charge is 2.18. The molecule has 0 saturated carbocycles. The lowest BCUT2D eigenvalue weighted by molar-refractivity contribution is 0.172. The normalized spacial score (nSPS) is 12.5. The molecule has 0 spiro atoms. The van der Waals surface area contributed by atoms with E-state index < -0.39 is 17.7 Å². The molecule has 2 aromatic rings. The molecule has 0 saturated heterocycles. The largest absolute Gasteiger partial charge is 0.388 e. The highest BCUT2D eigenvalue weighted by Crippen LogP contribution is 2.25. The van der Waals surface area contributed by atoms with Crippen LogP contribution in [0.15, 0.2) is 36.4 Å². The Labute approximate surface area is 115 Å². The quantitative estimate of drug-likeness (QED) is 0.894. The zero-order valence-corrected chi connectivity index (χ0v) is 11.1. The smallest absolute Gasteiger partial charge is 0.164 e. The highest BCUT2D eigenvalue weighted by atomic mass is 35.5. The van der Waals surface area contributed by atoms with Crippen LogP contribution >= 0.6 is 11.6 Å². The van der Waals surface area contributed by atoms with E-state index in [0.717, 1.165) is 5.56 Å². The van der Waals surface area contributed by atoms with Crippen LogP contribution in [0, 0.1) is 18.6 Å². The number of hydrogen-bond donors (Lipinski definition) is 1. The molecular weight excluding hydrogens is 270 g/mol. The van der Waals surface area contributed by atoms with Gasteiger partial charge in [-0.1, -0.05) is 35.9 Å². The Kier molecular flexibility index (Phi) is 4.17. The Morgan fingerprint density at radius 3 is 2.58 bits per heavy atom. The van der Waals surface area contributed by atoms with Crippen molar-refractivity contribution < 1.29 is 13.9 Å². The van der Waals surface area contributed by atoms with Crippen LogP contribution in [0.5, 0.6) is 0 Å². The molecule has 0 aliphatic rings. The molecule has 1 atom stereocenters. The van der Waals surface area contributed by atoms with Crippen molar-refractivity contribution in [1.29, 1.82) is 0 Å². The SMILES string of the molecule is Cc1ccc(C(O)Cc2cccc(Cl)c2)c(F)c1F. The van der Waals surface area contributed by atoms with Crippen molar-refractivity contribution in [2.24, 2.45) is 0 Å². The van der Waals surface area contributed by atoms with Crippen molar-refractivity contribution in [3.63, 3.8) is 0 Å². The second-order valence-electron chi connectivity index (χ2n) is 4.45. The summed E-state index contributed by atoms with van der Waals surface area (Å²) in [5.41, 5.74) is 0.944. The van der Waals surface area contributed by atoms with Gasteiger partial charge in [-0.05, 0) is 30.2 Å². The first kappa shape index (κ1) is 14.0. The van der Waals surface area contributed by atoms with E-state index in [-0.39, 0.29) is 17.5 Å². The first-order valence-electron chi connectivity index (χ1n) is 5.86. The van der Waals surface area contributed by atoms with E-state index in [1.165, 1.54) is 19.1 Å². The third-order valence-corrected chi connectivity index (χ3v) is 3.22. The zero-order chi connectivity index (χ0) is 14.0. The van der Waals surface area contributed by atoms with E-state index in [0.29, 0.717) is 5.02 Å². The van der Waals surface area contributed by atoms with Gasteiger partial charge in [-0.3, -0.25) is 0 Å². The molecule has 2 aromatic carbocycles. The van der Waals surface area contributed by atoms with E-state index in [2.05, 4.69) is 0 Å². The number of hydrogen-bond acceptors (Lipinski definition) is 1. The van der Waals surface area contributed by atoms with Gasteiger partial charge in [-0.2, -0.15) is 0 Å². The van der Waals surface area contributed by atoms with Crippen molar-refractivity contribution in [3.8, 4) is 0 Å². The van der Waals surface area contributed by atoms with Crippen molar-refractivity contribution in [2.45, 2.75) is 19.4 Å². The fourth-order valence-electron chi connectivity index (χ4n) is 1.92.